The minimum absolute atomic E-state index is 0.113. The van der Waals surface area contributed by atoms with E-state index in [1.54, 1.807) is 5.38 Å². The molecular formula is C9H12N2O4S. The van der Waals surface area contributed by atoms with Crippen molar-refractivity contribution >= 4 is 34.2 Å². The third-order valence-corrected chi connectivity index (χ3v) is 2.81. The van der Waals surface area contributed by atoms with Crippen molar-refractivity contribution in [3.63, 3.8) is 0 Å². The van der Waals surface area contributed by atoms with E-state index in [0.717, 1.165) is 16.9 Å². The van der Waals surface area contributed by atoms with Crippen molar-refractivity contribution in [1.29, 1.82) is 0 Å². The molecule has 88 valence electrons. The second-order valence-corrected chi connectivity index (χ2v) is 4.29. The van der Waals surface area contributed by atoms with Crippen molar-refractivity contribution in [3.05, 3.63) is 10.9 Å². The number of hydrogen-bond donors (Lipinski definition) is 4. The molecule has 0 aliphatic rings. The predicted molar refractivity (Wildman–Crippen MR) is 61.7 cm³/mol. The van der Waals surface area contributed by atoms with Crippen LogP contribution in [0.3, 0.4) is 0 Å². The van der Waals surface area contributed by atoms with Gasteiger partial charge in [-0.1, -0.05) is 13.8 Å². The average Bonchev–Trinajstić information content (AvgIpc) is 2.47. The Labute approximate surface area is 95.9 Å². The molecule has 0 unspecified atom stereocenters. The van der Waals surface area contributed by atoms with Gasteiger partial charge >= 0.3 is 12.2 Å². The summed E-state index contributed by atoms with van der Waals surface area (Å²) in [4.78, 5) is 21.1. The van der Waals surface area contributed by atoms with Crippen molar-refractivity contribution < 1.29 is 19.8 Å². The van der Waals surface area contributed by atoms with Gasteiger partial charge in [0.05, 0.1) is 5.69 Å². The maximum absolute atomic E-state index is 10.6. The van der Waals surface area contributed by atoms with Crippen LogP contribution in [-0.2, 0) is 0 Å². The molecule has 1 aromatic heterocycles. The molecule has 0 fully saturated rings. The Kier molecular flexibility index (Phi) is 3.73. The number of thiophene rings is 1. The molecule has 0 aromatic carbocycles. The summed E-state index contributed by atoms with van der Waals surface area (Å²) >= 11 is 1.16. The molecule has 0 aliphatic carbocycles. The van der Waals surface area contributed by atoms with E-state index in [4.69, 9.17) is 10.2 Å². The minimum Gasteiger partial charge on any atom is -0.465 e. The fourth-order valence-corrected chi connectivity index (χ4v) is 2.29. The summed E-state index contributed by atoms with van der Waals surface area (Å²) in [6, 6.07) is 0. The molecule has 1 heterocycles. The van der Waals surface area contributed by atoms with E-state index < -0.39 is 12.2 Å². The molecule has 6 nitrogen and oxygen atoms in total. The summed E-state index contributed by atoms with van der Waals surface area (Å²) < 4.78 is 0. The molecule has 4 N–H and O–H groups in total. The van der Waals surface area contributed by atoms with Crippen molar-refractivity contribution in [2.45, 2.75) is 19.8 Å². The molecule has 2 amide bonds. The zero-order valence-electron chi connectivity index (χ0n) is 8.77. The largest absolute Gasteiger partial charge is 0.465 e. The Morgan fingerprint density at radius 2 is 1.81 bits per heavy atom. The first kappa shape index (κ1) is 12.3. The summed E-state index contributed by atoms with van der Waals surface area (Å²) in [5, 5.41) is 23.7. The monoisotopic (exact) mass is 244 g/mol. The van der Waals surface area contributed by atoms with Crippen molar-refractivity contribution in [2.24, 2.45) is 0 Å². The molecule has 0 spiro atoms. The molecule has 0 radical (unpaired) electrons. The molecule has 1 rings (SSSR count). The van der Waals surface area contributed by atoms with Gasteiger partial charge < -0.3 is 10.2 Å². The molecule has 0 aliphatic heterocycles. The highest BCUT2D eigenvalue weighted by Gasteiger charge is 2.17. The summed E-state index contributed by atoms with van der Waals surface area (Å²) in [6.07, 6.45) is -2.43. The lowest BCUT2D eigenvalue weighted by Gasteiger charge is -2.09. The van der Waals surface area contributed by atoms with Crippen LogP contribution in [0.4, 0.5) is 20.3 Å². The SMILES string of the molecule is CC(C)c1csc(NC(=O)O)c1NC(=O)O. The molecule has 7 heteroatoms. The van der Waals surface area contributed by atoms with Gasteiger partial charge in [-0.15, -0.1) is 11.3 Å². The van der Waals surface area contributed by atoms with Gasteiger partial charge in [0.25, 0.3) is 0 Å². The van der Waals surface area contributed by atoms with Crippen molar-refractivity contribution in [1.82, 2.24) is 0 Å². The molecular weight excluding hydrogens is 232 g/mol. The van der Waals surface area contributed by atoms with Crippen molar-refractivity contribution in [2.75, 3.05) is 10.6 Å². The third-order valence-electron chi connectivity index (χ3n) is 1.89. The van der Waals surface area contributed by atoms with Crippen LogP contribution in [-0.4, -0.2) is 22.4 Å². The molecule has 0 saturated heterocycles. The molecule has 1 aromatic rings. The number of carbonyl (C=O) groups is 2. The van der Waals surface area contributed by atoms with Crippen LogP contribution in [0.25, 0.3) is 0 Å². The predicted octanol–water partition coefficient (Wildman–Crippen LogP) is 3.05. The van der Waals surface area contributed by atoms with E-state index in [9.17, 15) is 9.59 Å². The number of nitrogens with one attached hydrogen (secondary N) is 2. The first-order chi connectivity index (χ1) is 7.41. The first-order valence-electron chi connectivity index (χ1n) is 4.53. The second-order valence-electron chi connectivity index (χ2n) is 3.41. The lowest BCUT2D eigenvalue weighted by Crippen LogP contribution is -2.13. The number of hydrogen-bond acceptors (Lipinski definition) is 3. The van der Waals surface area contributed by atoms with E-state index in [1.165, 1.54) is 0 Å². The average molecular weight is 244 g/mol. The number of anilines is 2. The molecule has 0 bridgehead atoms. The zero-order valence-corrected chi connectivity index (χ0v) is 9.59. The third kappa shape index (κ3) is 2.86. The summed E-state index contributed by atoms with van der Waals surface area (Å²) in [5.74, 6) is 0.113. The Balaban J connectivity index is 3.08. The highest BCUT2D eigenvalue weighted by Crippen LogP contribution is 2.37. The van der Waals surface area contributed by atoms with Gasteiger partial charge in [-0.05, 0) is 16.9 Å². The highest BCUT2D eigenvalue weighted by molar-refractivity contribution is 7.15. The quantitative estimate of drug-likeness (QED) is 0.656. The molecule has 16 heavy (non-hydrogen) atoms. The Hall–Kier alpha value is -1.76. The lowest BCUT2D eigenvalue weighted by atomic mass is 10.1. The highest BCUT2D eigenvalue weighted by atomic mass is 32.1. The van der Waals surface area contributed by atoms with E-state index in [2.05, 4.69) is 10.6 Å². The number of rotatable bonds is 3. The summed E-state index contributed by atoms with van der Waals surface area (Å²) in [5.41, 5.74) is 1.09. The van der Waals surface area contributed by atoms with Crippen LogP contribution in [0.15, 0.2) is 5.38 Å². The van der Waals surface area contributed by atoms with Gasteiger partial charge in [-0.2, -0.15) is 0 Å². The van der Waals surface area contributed by atoms with E-state index in [0.29, 0.717) is 10.7 Å². The Morgan fingerprint density at radius 1 is 1.25 bits per heavy atom. The topological polar surface area (TPSA) is 98.7 Å². The standard InChI is InChI=1S/C9H12N2O4S/c1-4(2)5-3-16-7(11-9(14)15)6(5)10-8(12)13/h3-4,10-11H,1-2H3,(H,12,13)(H,14,15). The van der Waals surface area contributed by atoms with Gasteiger partial charge in [-0.25, -0.2) is 9.59 Å². The van der Waals surface area contributed by atoms with Gasteiger partial charge in [-0.3, -0.25) is 10.6 Å². The minimum atomic E-state index is -1.22. The normalized spacial score (nSPS) is 10.2. The fourth-order valence-electron chi connectivity index (χ4n) is 1.22. The first-order valence-corrected chi connectivity index (χ1v) is 5.41. The number of carboxylic acid groups (broad SMARTS) is 2. The van der Waals surface area contributed by atoms with Crippen molar-refractivity contribution in [3.8, 4) is 0 Å². The summed E-state index contributed by atoms with van der Waals surface area (Å²) in [7, 11) is 0. The fraction of sp³-hybridized carbons (Fsp3) is 0.333. The van der Waals surface area contributed by atoms with Crippen LogP contribution in [0.1, 0.15) is 25.3 Å². The second kappa shape index (κ2) is 4.84. The van der Waals surface area contributed by atoms with E-state index >= 15 is 0 Å². The number of amides is 2. The van der Waals surface area contributed by atoms with E-state index in [-0.39, 0.29) is 5.92 Å². The van der Waals surface area contributed by atoms with E-state index in [1.807, 2.05) is 13.8 Å². The van der Waals surface area contributed by atoms with Gasteiger partial charge in [0.15, 0.2) is 0 Å². The summed E-state index contributed by atoms with van der Waals surface area (Å²) in [6.45, 7) is 3.80. The Bertz CT molecular complexity index is 414. The van der Waals surface area contributed by atoms with Gasteiger partial charge in [0.1, 0.15) is 5.00 Å². The smallest absolute Gasteiger partial charge is 0.409 e. The van der Waals surface area contributed by atoms with Crippen LogP contribution >= 0.6 is 11.3 Å². The van der Waals surface area contributed by atoms with Crippen LogP contribution in [0, 0.1) is 0 Å². The van der Waals surface area contributed by atoms with Gasteiger partial charge in [0.2, 0.25) is 0 Å². The van der Waals surface area contributed by atoms with Gasteiger partial charge in [0, 0.05) is 0 Å². The molecule has 0 atom stereocenters. The lowest BCUT2D eigenvalue weighted by molar-refractivity contribution is 0.208. The zero-order chi connectivity index (χ0) is 12.3. The van der Waals surface area contributed by atoms with Crippen LogP contribution in [0.5, 0.6) is 0 Å². The maximum Gasteiger partial charge on any atom is 0.409 e. The molecule has 0 saturated carbocycles. The Morgan fingerprint density at radius 3 is 2.25 bits per heavy atom. The van der Waals surface area contributed by atoms with Crippen LogP contribution < -0.4 is 10.6 Å². The maximum atomic E-state index is 10.6. The van der Waals surface area contributed by atoms with Crippen LogP contribution in [0.2, 0.25) is 0 Å².